The summed E-state index contributed by atoms with van der Waals surface area (Å²) in [7, 11) is 0. The molecule has 0 aliphatic heterocycles. The largest absolute Gasteiger partial charge is 0.352 e. The van der Waals surface area contributed by atoms with Gasteiger partial charge in [0.1, 0.15) is 5.82 Å². The molecule has 0 atom stereocenters. The summed E-state index contributed by atoms with van der Waals surface area (Å²) in [6.45, 7) is 2.48. The van der Waals surface area contributed by atoms with Gasteiger partial charge in [-0.25, -0.2) is 9.37 Å². The van der Waals surface area contributed by atoms with Crippen LogP contribution in [-0.4, -0.2) is 23.2 Å². The highest BCUT2D eigenvalue weighted by atomic mass is 32.2. The molecular weight excluding hydrogens is 319 g/mol. The van der Waals surface area contributed by atoms with E-state index in [4.69, 9.17) is 0 Å². The molecule has 0 unspecified atom stereocenters. The van der Waals surface area contributed by atoms with Gasteiger partial charge in [-0.1, -0.05) is 18.2 Å². The number of amides is 1. The molecule has 6 heteroatoms. The van der Waals surface area contributed by atoms with Crippen LogP contribution in [0.5, 0.6) is 0 Å². The van der Waals surface area contributed by atoms with Gasteiger partial charge in [-0.05, 0) is 24.6 Å². The van der Waals surface area contributed by atoms with Crippen molar-refractivity contribution in [2.45, 2.75) is 12.7 Å². The number of hydrogen-bond donors (Lipinski definition) is 1. The Morgan fingerprint density at radius 2 is 2.27 bits per heavy atom. The molecule has 116 valence electrons. The van der Waals surface area contributed by atoms with Crippen LogP contribution in [0, 0.1) is 12.7 Å². The maximum absolute atomic E-state index is 13.4. The minimum Gasteiger partial charge on any atom is -0.352 e. The second-order valence-electron chi connectivity index (χ2n) is 4.56. The summed E-state index contributed by atoms with van der Waals surface area (Å²) in [6, 6.07) is 6.74. The van der Waals surface area contributed by atoms with Crippen molar-refractivity contribution >= 4 is 35.1 Å². The van der Waals surface area contributed by atoms with Crippen LogP contribution in [0.2, 0.25) is 0 Å². The van der Waals surface area contributed by atoms with Crippen molar-refractivity contribution in [1.82, 2.24) is 10.3 Å². The molecule has 0 bridgehead atoms. The highest BCUT2D eigenvalue weighted by Crippen LogP contribution is 2.14. The average molecular weight is 336 g/mol. The van der Waals surface area contributed by atoms with E-state index in [1.807, 2.05) is 18.4 Å². The van der Waals surface area contributed by atoms with Crippen molar-refractivity contribution < 1.29 is 9.18 Å². The van der Waals surface area contributed by atoms with Crippen LogP contribution < -0.4 is 5.32 Å². The Balaban J connectivity index is 1.63. The SMILES string of the molecule is Cc1nc(/C=C/C(=O)NCCSCc2ccccc2F)cs1. The first-order valence-electron chi connectivity index (χ1n) is 6.84. The van der Waals surface area contributed by atoms with Crippen molar-refractivity contribution in [3.8, 4) is 0 Å². The third-order valence-corrected chi connectivity index (χ3v) is 4.60. The third kappa shape index (κ3) is 5.61. The Morgan fingerprint density at radius 3 is 3.00 bits per heavy atom. The van der Waals surface area contributed by atoms with E-state index in [0.717, 1.165) is 16.5 Å². The normalized spacial score (nSPS) is 11.0. The number of nitrogens with zero attached hydrogens (tertiary/aromatic N) is 1. The summed E-state index contributed by atoms with van der Waals surface area (Å²) >= 11 is 3.14. The third-order valence-electron chi connectivity index (χ3n) is 2.80. The lowest BCUT2D eigenvalue weighted by atomic mass is 10.2. The Labute approximate surface area is 137 Å². The fraction of sp³-hybridized carbons (Fsp3) is 0.250. The van der Waals surface area contributed by atoms with Crippen LogP contribution in [0.4, 0.5) is 4.39 Å². The van der Waals surface area contributed by atoms with Crippen LogP contribution in [0.3, 0.4) is 0 Å². The summed E-state index contributed by atoms with van der Waals surface area (Å²) in [5.41, 5.74) is 1.49. The van der Waals surface area contributed by atoms with Crippen molar-refractivity contribution in [3.05, 3.63) is 57.8 Å². The number of carbonyl (C=O) groups is 1. The monoisotopic (exact) mass is 336 g/mol. The average Bonchev–Trinajstić information content (AvgIpc) is 2.92. The Hall–Kier alpha value is -1.66. The molecular formula is C16H17FN2OS2. The van der Waals surface area contributed by atoms with Crippen LogP contribution >= 0.6 is 23.1 Å². The molecule has 0 spiro atoms. The van der Waals surface area contributed by atoms with E-state index in [2.05, 4.69) is 10.3 Å². The van der Waals surface area contributed by atoms with Gasteiger partial charge in [-0.2, -0.15) is 11.8 Å². The molecule has 2 aromatic rings. The summed E-state index contributed by atoms with van der Waals surface area (Å²) in [5, 5.41) is 5.68. The molecule has 2 rings (SSSR count). The maximum Gasteiger partial charge on any atom is 0.244 e. The molecule has 0 saturated heterocycles. The van der Waals surface area contributed by atoms with E-state index in [9.17, 15) is 9.18 Å². The topological polar surface area (TPSA) is 42.0 Å². The number of thioether (sulfide) groups is 1. The first-order chi connectivity index (χ1) is 10.6. The van der Waals surface area contributed by atoms with E-state index < -0.39 is 0 Å². The van der Waals surface area contributed by atoms with Crippen LogP contribution in [0.1, 0.15) is 16.3 Å². The fourth-order valence-corrected chi connectivity index (χ4v) is 3.15. The molecule has 3 nitrogen and oxygen atoms in total. The highest BCUT2D eigenvalue weighted by molar-refractivity contribution is 7.98. The number of benzene rings is 1. The van der Waals surface area contributed by atoms with Crippen LogP contribution in [-0.2, 0) is 10.5 Å². The van der Waals surface area contributed by atoms with Crippen molar-refractivity contribution in [3.63, 3.8) is 0 Å². The van der Waals surface area contributed by atoms with Gasteiger partial charge in [0.2, 0.25) is 5.91 Å². The zero-order valence-corrected chi connectivity index (χ0v) is 13.8. The second kappa shape index (κ2) is 8.70. The lowest BCUT2D eigenvalue weighted by Crippen LogP contribution is -2.23. The Kier molecular flexibility index (Phi) is 6.61. The molecule has 0 aliphatic rings. The van der Waals surface area contributed by atoms with Crippen molar-refractivity contribution in [2.24, 2.45) is 0 Å². The van der Waals surface area contributed by atoms with E-state index in [0.29, 0.717) is 17.9 Å². The number of nitrogens with one attached hydrogen (secondary N) is 1. The zero-order chi connectivity index (χ0) is 15.8. The van der Waals surface area contributed by atoms with E-state index >= 15 is 0 Å². The molecule has 22 heavy (non-hydrogen) atoms. The fourth-order valence-electron chi connectivity index (χ4n) is 1.72. The summed E-state index contributed by atoms with van der Waals surface area (Å²) in [6.07, 6.45) is 3.18. The van der Waals surface area contributed by atoms with E-state index in [-0.39, 0.29) is 11.7 Å². The predicted molar refractivity (Wildman–Crippen MR) is 91.5 cm³/mol. The summed E-state index contributed by atoms with van der Waals surface area (Å²) in [5.74, 6) is 1.03. The van der Waals surface area contributed by atoms with Crippen molar-refractivity contribution in [2.75, 3.05) is 12.3 Å². The predicted octanol–water partition coefficient (Wildman–Crippen LogP) is 3.65. The van der Waals surface area contributed by atoms with Gasteiger partial charge < -0.3 is 5.32 Å². The molecule has 0 radical (unpaired) electrons. The summed E-state index contributed by atoms with van der Waals surface area (Å²) in [4.78, 5) is 15.9. The number of thiazole rings is 1. The number of aryl methyl sites for hydroxylation is 1. The standard InChI is InChI=1S/C16H17FN2OS2/c1-12-19-14(11-22-12)6-7-16(20)18-8-9-21-10-13-4-2-3-5-15(13)17/h2-7,11H,8-10H2,1H3,(H,18,20)/b7-6+. The number of aromatic nitrogens is 1. The Bertz CT molecular complexity index is 655. The van der Waals surface area contributed by atoms with Crippen LogP contribution in [0.25, 0.3) is 6.08 Å². The number of halogens is 1. The van der Waals surface area contributed by atoms with E-state index in [1.54, 1.807) is 41.3 Å². The molecule has 1 N–H and O–H groups in total. The second-order valence-corrected chi connectivity index (χ2v) is 6.73. The van der Waals surface area contributed by atoms with Gasteiger partial charge in [0, 0.05) is 29.5 Å². The number of carbonyl (C=O) groups excluding carboxylic acids is 1. The minimum absolute atomic E-state index is 0.142. The van der Waals surface area contributed by atoms with Gasteiger partial charge in [-0.3, -0.25) is 4.79 Å². The van der Waals surface area contributed by atoms with Gasteiger partial charge in [0.05, 0.1) is 10.7 Å². The first-order valence-corrected chi connectivity index (χ1v) is 8.88. The smallest absolute Gasteiger partial charge is 0.244 e. The van der Waals surface area contributed by atoms with Gasteiger partial charge in [0.15, 0.2) is 0 Å². The molecule has 1 aromatic heterocycles. The molecule has 1 aromatic carbocycles. The quantitative estimate of drug-likeness (QED) is 0.620. The lowest BCUT2D eigenvalue weighted by Gasteiger charge is -2.04. The molecule has 1 amide bonds. The lowest BCUT2D eigenvalue weighted by molar-refractivity contribution is -0.116. The maximum atomic E-state index is 13.4. The molecule has 0 aliphatic carbocycles. The Morgan fingerprint density at radius 1 is 1.45 bits per heavy atom. The van der Waals surface area contributed by atoms with Gasteiger partial charge in [0.25, 0.3) is 0 Å². The first kappa shape index (κ1) is 16.7. The van der Waals surface area contributed by atoms with Gasteiger partial charge >= 0.3 is 0 Å². The number of hydrogen-bond acceptors (Lipinski definition) is 4. The molecule has 1 heterocycles. The molecule has 0 fully saturated rings. The molecule has 0 saturated carbocycles. The van der Waals surface area contributed by atoms with Crippen LogP contribution in [0.15, 0.2) is 35.7 Å². The highest BCUT2D eigenvalue weighted by Gasteiger charge is 2.01. The van der Waals surface area contributed by atoms with Crippen molar-refractivity contribution in [1.29, 1.82) is 0 Å². The summed E-state index contributed by atoms with van der Waals surface area (Å²) < 4.78 is 13.4. The number of rotatable bonds is 7. The zero-order valence-electron chi connectivity index (χ0n) is 12.2. The van der Waals surface area contributed by atoms with E-state index in [1.165, 1.54) is 12.1 Å². The van der Waals surface area contributed by atoms with Gasteiger partial charge in [-0.15, -0.1) is 11.3 Å². The minimum atomic E-state index is -0.180.